The van der Waals surface area contributed by atoms with Crippen molar-refractivity contribution >= 4 is 44.4 Å². The number of aliphatic hydroxyl groups excluding tert-OH is 4. The maximum absolute atomic E-state index is 10.3. The first-order chi connectivity index (χ1) is 26.4. The molecule has 0 aliphatic carbocycles. The van der Waals surface area contributed by atoms with Crippen LogP contribution in [0, 0.1) is 13.8 Å². The SMILES string of the molecule is CCC1=C(C)c2nc1cc1[nH]c(cc3[nH]c(cc4nc(c2-c2ccc(COC[C@H]5O[C@H](O)[C@H](O)[C@@H](O)[C@H]5O)cc2)C(C)=C4CC)c(C)c3CC)c(CC)c1C. The van der Waals surface area contributed by atoms with E-state index in [0.29, 0.717) is 0 Å². The van der Waals surface area contributed by atoms with Gasteiger partial charge in [0, 0.05) is 27.6 Å². The van der Waals surface area contributed by atoms with Gasteiger partial charge in [-0.05, 0) is 127 Å². The third-order valence-electron chi connectivity index (χ3n) is 11.8. The third kappa shape index (κ3) is 6.90. The molecule has 0 saturated carbocycles. The van der Waals surface area contributed by atoms with Gasteiger partial charge in [-0.1, -0.05) is 52.0 Å². The van der Waals surface area contributed by atoms with Gasteiger partial charge in [0.1, 0.15) is 24.4 Å². The molecule has 1 aromatic carbocycles. The largest absolute Gasteiger partial charge is 0.387 e. The molecule has 1 fully saturated rings. The molecule has 3 aromatic heterocycles. The van der Waals surface area contributed by atoms with Crippen molar-refractivity contribution in [3.63, 3.8) is 0 Å². The molecule has 0 radical (unpaired) electrons. The number of benzene rings is 1. The number of aromatic nitrogens is 4. The number of H-pyrrole nitrogens is 2. The molecule has 0 spiro atoms. The van der Waals surface area contributed by atoms with Crippen molar-refractivity contribution < 1.29 is 29.9 Å². The highest BCUT2D eigenvalue weighted by molar-refractivity contribution is 6.02. The maximum atomic E-state index is 10.3. The van der Waals surface area contributed by atoms with E-state index < -0.39 is 30.7 Å². The number of hydrogen-bond acceptors (Lipinski definition) is 8. The van der Waals surface area contributed by atoms with Gasteiger partial charge in [0.2, 0.25) is 0 Å². The van der Waals surface area contributed by atoms with Gasteiger partial charge in [0.25, 0.3) is 0 Å². The van der Waals surface area contributed by atoms with E-state index >= 15 is 0 Å². The van der Waals surface area contributed by atoms with Crippen molar-refractivity contribution in [3.05, 3.63) is 93.1 Å². The standard InChI is InChI=1S/C45H54N4O6/c1-9-28-22(5)32-17-36-30(11-3)24(7)40(48-36)39(27-15-13-26(14-16-27)20-54-21-38-42(50)43(51)44(52)45(53)55-38)41-25(8)31(12-4)37(49-41)18-33-23(6)29(10-2)35(47-33)19-34(28)46-32/h13-19,38,42-47,50-53H,9-12,20-21H2,1-8H3/t38-,42+,43+,44-,45+/m1/s1. The van der Waals surface area contributed by atoms with Gasteiger partial charge >= 0.3 is 0 Å². The molecule has 0 unspecified atom stereocenters. The summed E-state index contributed by atoms with van der Waals surface area (Å²) in [6.07, 6.45) is -3.62. The van der Waals surface area contributed by atoms with Crippen LogP contribution in [0.4, 0.5) is 0 Å². The Bertz CT molecular complexity index is 2230. The minimum atomic E-state index is -1.61. The zero-order valence-corrected chi connectivity index (χ0v) is 33.2. The van der Waals surface area contributed by atoms with Crippen LogP contribution in [0.1, 0.15) is 105 Å². The second-order valence-corrected chi connectivity index (χ2v) is 15.0. The normalized spacial score (nSPS) is 21.6. The Morgan fingerprint density at radius 2 is 1.15 bits per heavy atom. The van der Waals surface area contributed by atoms with Crippen LogP contribution in [-0.4, -0.2) is 77.7 Å². The van der Waals surface area contributed by atoms with Crippen molar-refractivity contribution in [2.75, 3.05) is 6.61 Å². The molecule has 5 atom stereocenters. The van der Waals surface area contributed by atoms with Crippen molar-refractivity contribution in [1.29, 1.82) is 0 Å². The van der Waals surface area contributed by atoms with Crippen LogP contribution in [0.15, 0.2) is 42.5 Å². The minimum absolute atomic E-state index is 0.0758. The quantitative estimate of drug-likeness (QED) is 0.102. The van der Waals surface area contributed by atoms with Crippen molar-refractivity contribution in [2.24, 2.45) is 0 Å². The summed E-state index contributed by atoms with van der Waals surface area (Å²) in [7, 11) is 0. The van der Waals surface area contributed by atoms with Crippen molar-refractivity contribution in [2.45, 2.75) is 118 Å². The second kappa shape index (κ2) is 15.6. The van der Waals surface area contributed by atoms with Gasteiger partial charge in [0.05, 0.1) is 36.0 Å². The number of nitrogens with one attached hydrogen (secondary N) is 2. The highest BCUT2D eigenvalue weighted by Crippen LogP contribution is 2.43. The molecule has 4 aromatic rings. The van der Waals surface area contributed by atoms with E-state index in [1.807, 2.05) is 12.1 Å². The van der Waals surface area contributed by atoms with E-state index in [2.05, 4.69) is 95.7 Å². The third-order valence-corrected chi connectivity index (χ3v) is 11.8. The van der Waals surface area contributed by atoms with Crippen LogP contribution in [-0.2, 0) is 28.9 Å². The summed E-state index contributed by atoms with van der Waals surface area (Å²) in [4.78, 5) is 18.4. The fraction of sp³-hybridized carbons (Fsp3) is 0.422. The van der Waals surface area contributed by atoms with Crippen LogP contribution in [0.25, 0.3) is 55.5 Å². The molecular formula is C45H54N4O6. The van der Waals surface area contributed by atoms with Gasteiger partial charge in [-0.25, -0.2) is 9.97 Å². The van der Waals surface area contributed by atoms with E-state index in [-0.39, 0.29) is 13.2 Å². The number of fused-ring (bicyclic) bond motifs is 8. The zero-order valence-electron chi connectivity index (χ0n) is 33.2. The fourth-order valence-electron chi connectivity index (χ4n) is 8.57. The van der Waals surface area contributed by atoms with Gasteiger partial charge in [-0.3, -0.25) is 0 Å². The molecule has 10 heteroatoms. The van der Waals surface area contributed by atoms with E-state index in [9.17, 15) is 20.4 Å². The average molecular weight is 747 g/mol. The lowest BCUT2D eigenvalue weighted by Crippen LogP contribution is -2.58. The average Bonchev–Trinajstić information content (AvgIpc) is 3.85. The van der Waals surface area contributed by atoms with E-state index in [1.54, 1.807) is 0 Å². The molecule has 3 aliphatic rings. The summed E-state index contributed by atoms with van der Waals surface area (Å²) in [5.41, 5.74) is 20.7. The molecular weight excluding hydrogens is 693 g/mol. The van der Waals surface area contributed by atoms with E-state index in [4.69, 9.17) is 19.4 Å². The molecule has 290 valence electrons. The Morgan fingerprint density at radius 1 is 0.636 bits per heavy atom. The Kier molecular flexibility index (Phi) is 11.0. The second-order valence-electron chi connectivity index (χ2n) is 15.0. The fourth-order valence-corrected chi connectivity index (χ4v) is 8.57. The summed E-state index contributed by atoms with van der Waals surface area (Å²) >= 11 is 0. The van der Waals surface area contributed by atoms with Crippen LogP contribution >= 0.6 is 0 Å². The van der Waals surface area contributed by atoms with Crippen molar-refractivity contribution in [1.82, 2.24) is 19.9 Å². The lowest BCUT2D eigenvalue weighted by Gasteiger charge is -2.38. The summed E-state index contributed by atoms with van der Waals surface area (Å²) in [5.74, 6) is 0. The molecule has 7 rings (SSSR count). The van der Waals surface area contributed by atoms with E-state index in [1.165, 1.54) is 33.4 Å². The van der Waals surface area contributed by atoms with Gasteiger partial charge in [-0.15, -0.1) is 0 Å². The number of aromatic amines is 2. The van der Waals surface area contributed by atoms with Gasteiger partial charge in [-0.2, -0.15) is 0 Å². The first-order valence-electron chi connectivity index (χ1n) is 19.6. The molecule has 6 N–H and O–H groups in total. The lowest BCUT2D eigenvalue weighted by molar-refractivity contribution is -0.289. The molecule has 10 nitrogen and oxygen atoms in total. The highest BCUT2D eigenvalue weighted by atomic mass is 16.6. The van der Waals surface area contributed by atoms with E-state index in [0.717, 1.165) is 98.4 Å². The first kappa shape index (κ1) is 38.8. The van der Waals surface area contributed by atoms with Gasteiger partial charge < -0.3 is 39.9 Å². The predicted molar refractivity (Wildman–Crippen MR) is 219 cm³/mol. The topological polar surface area (TPSA) is 157 Å². The number of ether oxygens (including phenoxy) is 2. The number of aliphatic hydroxyl groups is 4. The van der Waals surface area contributed by atoms with Crippen LogP contribution in [0.3, 0.4) is 0 Å². The molecule has 3 aliphatic heterocycles. The van der Waals surface area contributed by atoms with Gasteiger partial charge in [0.15, 0.2) is 6.29 Å². The summed E-state index contributed by atoms with van der Waals surface area (Å²) in [6, 6.07) is 14.9. The Hall–Kier alpha value is -4.42. The summed E-state index contributed by atoms with van der Waals surface area (Å²) in [6.45, 7) is 17.7. The number of rotatable bonds is 9. The predicted octanol–water partition coefficient (Wildman–Crippen LogP) is 7.72. The van der Waals surface area contributed by atoms with Crippen LogP contribution in [0.5, 0.6) is 0 Å². The van der Waals surface area contributed by atoms with Crippen LogP contribution < -0.4 is 0 Å². The highest BCUT2D eigenvalue weighted by Gasteiger charge is 2.43. The maximum Gasteiger partial charge on any atom is 0.184 e. The minimum Gasteiger partial charge on any atom is -0.387 e. The molecule has 0 amide bonds. The lowest BCUT2D eigenvalue weighted by atomic mass is 9.93. The molecule has 55 heavy (non-hydrogen) atoms. The Balaban J connectivity index is 1.41. The first-order valence-corrected chi connectivity index (χ1v) is 19.6. The zero-order chi connectivity index (χ0) is 39.3. The Labute approximate surface area is 322 Å². The summed E-state index contributed by atoms with van der Waals surface area (Å²) in [5, 5.41) is 40.1. The Morgan fingerprint density at radius 3 is 1.62 bits per heavy atom. The molecule has 1 saturated heterocycles. The number of nitrogens with zero attached hydrogens (tertiary/aromatic N) is 2. The van der Waals surface area contributed by atoms with Crippen molar-refractivity contribution in [3.8, 4) is 11.1 Å². The number of hydrogen-bond donors (Lipinski definition) is 6. The molecule has 8 bridgehead atoms. The van der Waals surface area contributed by atoms with Crippen LogP contribution in [0.2, 0.25) is 0 Å². The number of aryl methyl sites for hydroxylation is 4. The smallest absolute Gasteiger partial charge is 0.184 e. The monoisotopic (exact) mass is 746 g/mol. The summed E-state index contributed by atoms with van der Waals surface area (Å²) < 4.78 is 11.1. The molecule has 6 heterocycles. The number of allylic oxidation sites excluding steroid dienone is 4.